The highest BCUT2D eigenvalue weighted by atomic mass is 35.5. The molecule has 560 valence electrons. The van der Waals surface area contributed by atoms with Crippen molar-refractivity contribution in [1.29, 1.82) is 0 Å². The lowest BCUT2D eigenvalue weighted by atomic mass is 9.98. The Kier molecular flexibility index (Phi) is 30.7. The van der Waals surface area contributed by atoms with E-state index in [2.05, 4.69) is 52.4 Å². The number of morpholine rings is 1. The van der Waals surface area contributed by atoms with Crippen molar-refractivity contribution in [3.05, 3.63) is 190 Å². The molecule has 2 saturated heterocycles. The normalized spacial score (nSPS) is 16.3. The minimum atomic E-state index is -1.75. The summed E-state index contributed by atoms with van der Waals surface area (Å²) in [6.07, 6.45) is 0.597. The second kappa shape index (κ2) is 40.1. The van der Waals surface area contributed by atoms with Gasteiger partial charge in [-0.15, -0.1) is 0 Å². The van der Waals surface area contributed by atoms with E-state index in [1.165, 1.54) is 11.8 Å². The van der Waals surface area contributed by atoms with Gasteiger partial charge < -0.3 is 80.2 Å². The number of rotatable bonds is 37. The van der Waals surface area contributed by atoms with Crippen molar-refractivity contribution in [2.75, 3.05) is 46.0 Å². The SMILES string of the molecule is CC(C)C[C@H](NC(=O)[C@@H](Cc1ccc(CN2CCOCC2)cc1)NC(=O)[C@H](Cc1ccccc1)NC(=O)[C@H](CO)NC(=O)[C@@H](Cc1ccccc1)NC(=O)[C@@H](Cc1ccc(Cl)cc1)NC(=O)[C@H](N)Cc1cccc2ccccc12)C(=O)N[C@@H](CCCN=C(N)N)C(=O)N1CCC[C@H]1C(=O)N[C@H](C)C(N)=O. The van der Waals surface area contributed by atoms with Crippen LogP contribution in [-0.4, -0.2) is 186 Å². The summed E-state index contributed by atoms with van der Waals surface area (Å²) in [5.74, 6) is -8.20. The number of guanidine groups is 1. The van der Waals surface area contributed by atoms with Crippen molar-refractivity contribution >= 4 is 87.4 Å². The Labute approximate surface area is 616 Å². The van der Waals surface area contributed by atoms with Crippen LogP contribution in [0.1, 0.15) is 86.3 Å². The van der Waals surface area contributed by atoms with E-state index in [9.17, 15) is 43.5 Å². The van der Waals surface area contributed by atoms with Crippen molar-refractivity contribution < 1.29 is 57.8 Å². The van der Waals surface area contributed by atoms with Gasteiger partial charge in [-0.1, -0.05) is 165 Å². The zero-order valence-corrected chi connectivity index (χ0v) is 60.2. The molecular weight excluding hydrogens is 1360 g/mol. The zero-order chi connectivity index (χ0) is 75.5. The molecule has 10 amide bonds. The van der Waals surface area contributed by atoms with Gasteiger partial charge in [0.05, 0.1) is 25.9 Å². The fraction of sp³-hybridized carbons (Fsp3) is 0.416. The maximum atomic E-state index is 15.2. The van der Waals surface area contributed by atoms with E-state index in [0.717, 1.165) is 35.0 Å². The first-order valence-electron chi connectivity index (χ1n) is 35.5. The third-order valence-electron chi connectivity index (χ3n) is 18.4. The largest absolute Gasteiger partial charge is 0.394 e. The fourth-order valence-corrected chi connectivity index (χ4v) is 12.8. The molecule has 27 nitrogen and oxygen atoms in total. The molecule has 8 rings (SSSR count). The Balaban J connectivity index is 1.04. The number of aliphatic imine (C=N–C) groups is 1. The van der Waals surface area contributed by atoms with Crippen LogP contribution in [0.2, 0.25) is 5.02 Å². The molecule has 2 aliphatic heterocycles. The summed E-state index contributed by atoms with van der Waals surface area (Å²) in [4.78, 5) is 151. The van der Waals surface area contributed by atoms with Gasteiger partial charge in [-0.2, -0.15) is 0 Å². The number of ether oxygens (including phenoxy) is 1. The summed E-state index contributed by atoms with van der Waals surface area (Å²) < 4.78 is 5.55. The molecule has 0 aliphatic carbocycles. The Morgan fingerprint density at radius 2 is 0.981 bits per heavy atom. The number of benzene rings is 6. The number of fused-ring (bicyclic) bond motifs is 1. The van der Waals surface area contributed by atoms with Gasteiger partial charge in [0, 0.05) is 63.4 Å². The van der Waals surface area contributed by atoms with E-state index >= 15 is 9.59 Å². The second-order valence-electron chi connectivity index (χ2n) is 27.1. The van der Waals surface area contributed by atoms with Crippen LogP contribution in [0.25, 0.3) is 10.8 Å². The van der Waals surface area contributed by atoms with Gasteiger partial charge in [-0.3, -0.25) is 57.8 Å². The van der Waals surface area contributed by atoms with Crippen LogP contribution < -0.4 is 65.5 Å². The molecule has 0 radical (unpaired) electrons. The minimum absolute atomic E-state index is 0.00426. The number of halogens is 1. The second-order valence-corrected chi connectivity index (χ2v) is 27.5. The van der Waals surface area contributed by atoms with Gasteiger partial charge in [-0.25, -0.2) is 0 Å². The van der Waals surface area contributed by atoms with Gasteiger partial charge in [0.2, 0.25) is 59.1 Å². The van der Waals surface area contributed by atoms with Gasteiger partial charge in [0.1, 0.15) is 54.4 Å². The van der Waals surface area contributed by atoms with E-state index in [1.54, 1.807) is 84.9 Å². The number of carbonyl (C=O) groups excluding carboxylic acids is 10. The van der Waals surface area contributed by atoms with Crippen LogP contribution in [0.15, 0.2) is 157 Å². The van der Waals surface area contributed by atoms with Crippen LogP contribution >= 0.6 is 11.6 Å². The maximum Gasteiger partial charge on any atom is 0.245 e. The Morgan fingerprint density at radius 3 is 1.51 bits per heavy atom. The molecule has 2 heterocycles. The van der Waals surface area contributed by atoms with E-state index in [0.29, 0.717) is 53.5 Å². The molecular formula is C77H98ClN15O12. The average molecular weight is 1460 g/mol. The summed E-state index contributed by atoms with van der Waals surface area (Å²) in [6, 6.07) is 31.7. The van der Waals surface area contributed by atoms with Crippen molar-refractivity contribution in [2.45, 2.75) is 152 Å². The number of aliphatic hydroxyl groups excluding tert-OH is 1. The number of hydrogen-bond donors (Lipinski definition) is 13. The predicted octanol–water partition coefficient (Wildman–Crippen LogP) is 1.63. The fourth-order valence-electron chi connectivity index (χ4n) is 12.7. The summed E-state index contributed by atoms with van der Waals surface area (Å²) in [7, 11) is 0. The number of likely N-dealkylation sites (tertiary alicyclic amines) is 1. The van der Waals surface area contributed by atoms with Gasteiger partial charge in [0.25, 0.3) is 0 Å². The van der Waals surface area contributed by atoms with Gasteiger partial charge in [0.15, 0.2) is 5.96 Å². The number of hydrogen-bond acceptors (Lipinski definition) is 15. The molecule has 2 fully saturated rings. The molecule has 0 spiro atoms. The van der Waals surface area contributed by atoms with E-state index < -0.39 is 126 Å². The number of aliphatic hydroxyl groups is 1. The number of carbonyl (C=O) groups is 10. The molecule has 0 bridgehead atoms. The van der Waals surface area contributed by atoms with Crippen LogP contribution in [0, 0.1) is 5.92 Å². The Morgan fingerprint density at radius 1 is 0.524 bits per heavy atom. The molecule has 0 aromatic heterocycles. The third-order valence-corrected chi connectivity index (χ3v) is 18.7. The van der Waals surface area contributed by atoms with Crippen LogP contribution in [0.5, 0.6) is 0 Å². The standard InChI is InChI=1S/C77H98ClN15O12/c1-47(2)39-60(69(97)85-59(23-13-33-83-77(81)82)76(104)93-34-14-24-66(93)75(103)84-48(3)67(80)95)87-71(99)64(42-51-25-27-53(28-26-51)45-92-35-37-105-38-36-92)89-72(100)62(40-49-15-6-4-7-16-49)90-74(102)65(46-94)91-73(101)63(41-50-17-8-5-9-18-50)88-70(98)61(43-52-29-31-56(78)32-30-52)86-68(96)58(79)44-55-21-12-20-54-19-10-11-22-57(54)55/h4-12,15-22,25-32,47-48,58-66,94H,13-14,23-24,33-46,79H2,1-3H3,(H2,80,95)(H,84,103)(H,85,97)(H,86,96)(H,87,99)(H,88,98)(H,89,100)(H,90,102)(H,91,101)(H4,81,82,83)/t48-,58-,59+,60+,61-,62+,63-,64-,65+,66+/m1/s1. The molecule has 17 N–H and O–H groups in total. The lowest BCUT2D eigenvalue weighted by Gasteiger charge is -2.31. The maximum absolute atomic E-state index is 15.2. The minimum Gasteiger partial charge on any atom is -0.394 e. The zero-order valence-electron chi connectivity index (χ0n) is 59.5. The Bertz CT molecular complexity index is 3950. The van der Waals surface area contributed by atoms with E-state index in [4.69, 9.17) is 39.3 Å². The van der Waals surface area contributed by atoms with Crippen LogP contribution in [0.4, 0.5) is 0 Å². The number of nitrogens with zero attached hydrogens (tertiary/aromatic N) is 3. The smallest absolute Gasteiger partial charge is 0.245 e. The summed E-state index contributed by atoms with van der Waals surface area (Å²) >= 11 is 6.25. The quantitative estimate of drug-likeness (QED) is 0.0150. The van der Waals surface area contributed by atoms with E-state index in [1.807, 2.05) is 80.6 Å². The lowest BCUT2D eigenvalue weighted by molar-refractivity contribution is -0.142. The summed E-state index contributed by atoms with van der Waals surface area (Å²) in [5, 5.41) is 35.3. The average Bonchev–Trinajstić information content (AvgIpc) is 1.78. The number of amides is 10. The van der Waals surface area contributed by atoms with Crippen molar-refractivity contribution in [3.8, 4) is 0 Å². The van der Waals surface area contributed by atoms with Crippen molar-refractivity contribution in [2.24, 2.45) is 33.8 Å². The molecule has 0 saturated carbocycles. The van der Waals surface area contributed by atoms with Gasteiger partial charge in [-0.05, 0) is 108 Å². The number of primary amides is 1. The first-order valence-corrected chi connectivity index (χ1v) is 35.9. The monoisotopic (exact) mass is 1460 g/mol. The summed E-state index contributed by atoms with van der Waals surface area (Å²) in [5.41, 5.74) is 27.4. The summed E-state index contributed by atoms with van der Waals surface area (Å²) in [6.45, 7) is 7.61. The van der Waals surface area contributed by atoms with Crippen LogP contribution in [0.3, 0.4) is 0 Å². The topological polar surface area (TPSA) is 419 Å². The highest BCUT2D eigenvalue weighted by Gasteiger charge is 2.40. The molecule has 6 aromatic rings. The third kappa shape index (κ3) is 24.9. The molecule has 105 heavy (non-hydrogen) atoms. The predicted molar refractivity (Wildman–Crippen MR) is 399 cm³/mol. The molecule has 28 heteroatoms. The first kappa shape index (κ1) is 80.4. The Hall–Kier alpha value is -10.3. The lowest BCUT2D eigenvalue weighted by Crippen LogP contribution is -2.61. The molecule has 2 aliphatic rings. The number of nitrogens with two attached hydrogens (primary N) is 4. The molecule has 10 atom stereocenters. The molecule has 0 unspecified atom stereocenters. The first-order chi connectivity index (χ1) is 50.4. The highest BCUT2D eigenvalue weighted by Crippen LogP contribution is 2.23. The molecule has 6 aromatic carbocycles. The van der Waals surface area contributed by atoms with Crippen molar-refractivity contribution in [1.82, 2.24) is 52.3 Å². The number of nitrogens with one attached hydrogen (secondary N) is 8. The highest BCUT2D eigenvalue weighted by molar-refractivity contribution is 6.30. The van der Waals surface area contributed by atoms with Gasteiger partial charge >= 0.3 is 0 Å². The van der Waals surface area contributed by atoms with E-state index in [-0.39, 0.29) is 82.8 Å². The van der Waals surface area contributed by atoms with Crippen molar-refractivity contribution in [3.63, 3.8) is 0 Å². The van der Waals surface area contributed by atoms with Crippen LogP contribution in [-0.2, 0) is 91.3 Å².